The third-order valence-corrected chi connectivity index (χ3v) is 4.44. The van der Waals surface area contributed by atoms with Crippen molar-refractivity contribution in [3.8, 4) is 0 Å². The Hall–Kier alpha value is -2.37. The van der Waals surface area contributed by atoms with Crippen LogP contribution in [0.25, 0.3) is 0 Å². The van der Waals surface area contributed by atoms with Crippen molar-refractivity contribution in [1.82, 2.24) is 4.90 Å². The highest BCUT2D eigenvalue weighted by atomic mass is 35.5. The molecule has 2 amide bonds. The van der Waals surface area contributed by atoms with E-state index < -0.39 is 0 Å². The number of nitrogens with zero attached hydrogens (tertiary/aromatic N) is 1. The minimum absolute atomic E-state index is 0. The largest absolute Gasteiger partial charge is 0.334 e. The van der Waals surface area contributed by atoms with Gasteiger partial charge in [-0.15, -0.1) is 12.4 Å². The van der Waals surface area contributed by atoms with Gasteiger partial charge in [0, 0.05) is 24.7 Å². The molecule has 0 spiro atoms. The first kappa shape index (κ1) is 22.7. The number of nitrogens with one attached hydrogen (secondary N) is 1. The van der Waals surface area contributed by atoms with Crippen LogP contribution in [0, 0.1) is 13.8 Å². The molecule has 2 rings (SSSR count). The van der Waals surface area contributed by atoms with E-state index in [1.165, 1.54) is 4.90 Å². The summed E-state index contributed by atoms with van der Waals surface area (Å²) in [5.74, 6) is -0.327. The molecule has 0 bridgehead atoms. The molecule has 0 aliphatic heterocycles. The van der Waals surface area contributed by atoms with E-state index in [4.69, 9.17) is 5.73 Å². The third-order valence-electron chi connectivity index (χ3n) is 4.44. The van der Waals surface area contributed by atoms with Gasteiger partial charge >= 0.3 is 0 Å². The number of amides is 2. The highest BCUT2D eigenvalue weighted by molar-refractivity contribution is 5.95. The van der Waals surface area contributed by atoms with Crippen molar-refractivity contribution in [2.75, 3.05) is 18.4 Å². The number of benzene rings is 2. The molecule has 6 heteroatoms. The van der Waals surface area contributed by atoms with Crippen LogP contribution in [0.4, 0.5) is 5.69 Å². The highest BCUT2D eigenvalue weighted by Crippen LogP contribution is 2.19. The Labute approximate surface area is 167 Å². The topological polar surface area (TPSA) is 75.4 Å². The fourth-order valence-corrected chi connectivity index (χ4v) is 2.88. The van der Waals surface area contributed by atoms with Crippen LogP contribution in [0.2, 0.25) is 0 Å². The second-order valence-corrected chi connectivity index (χ2v) is 6.44. The quantitative estimate of drug-likeness (QED) is 0.759. The molecule has 0 heterocycles. The summed E-state index contributed by atoms with van der Waals surface area (Å²) < 4.78 is 0. The van der Waals surface area contributed by atoms with Crippen LogP contribution >= 0.6 is 12.4 Å². The lowest BCUT2D eigenvalue weighted by Gasteiger charge is -2.23. The van der Waals surface area contributed by atoms with Crippen LogP contribution in [-0.4, -0.2) is 29.8 Å². The number of aryl methyl sites for hydroxylation is 2. The van der Waals surface area contributed by atoms with Crippen molar-refractivity contribution in [2.45, 2.75) is 33.2 Å². The van der Waals surface area contributed by atoms with E-state index in [0.717, 1.165) is 22.4 Å². The molecule has 0 saturated heterocycles. The highest BCUT2D eigenvalue weighted by Gasteiger charge is 2.19. The standard InChI is InChI=1S/C21H27N3O2.ClH/c1-4-24(20(26)13-18(22)17-11-6-5-7-12-17)14-19(25)23-21-15(2)9-8-10-16(21)3;/h5-12,18H,4,13-14,22H2,1-3H3,(H,23,25);1H. The molecule has 1 unspecified atom stereocenters. The zero-order valence-electron chi connectivity index (χ0n) is 16.1. The molecule has 0 aliphatic carbocycles. The summed E-state index contributed by atoms with van der Waals surface area (Å²) in [6.45, 7) is 6.23. The Morgan fingerprint density at radius 3 is 2.19 bits per heavy atom. The number of hydrogen-bond donors (Lipinski definition) is 2. The minimum atomic E-state index is -0.376. The first-order chi connectivity index (χ1) is 12.4. The van der Waals surface area contributed by atoms with Crippen LogP contribution in [0.1, 0.15) is 36.1 Å². The monoisotopic (exact) mass is 389 g/mol. The third kappa shape index (κ3) is 6.38. The minimum Gasteiger partial charge on any atom is -0.334 e. The van der Waals surface area contributed by atoms with Crippen molar-refractivity contribution in [3.63, 3.8) is 0 Å². The van der Waals surface area contributed by atoms with Gasteiger partial charge in [-0.3, -0.25) is 9.59 Å². The van der Waals surface area contributed by atoms with E-state index in [0.29, 0.717) is 6.54 Å². The number of hydrogen-bond acceptors (Lipinski definition) is 3. The molecule has 3 N–H and O–H groups in total. The molecular formula is C21H28ClN3O2. The number of anilines is 1. The van der Waals surface area contributed by atoms with Crippen LogP contribution in [0.15, 0.2) is 48.5 Å². The maximum atomic E-state index is 12.5. The number of halogens is 1. The van der Waals surface area contributed by atoms with E-state index in [2.05, 4.69) is 5.32 Å². The van der Waals surface area contributed by atoms with Crippen LogP contribution in [-0.2, 0) is 9.59 Å². The molecule has 146 valence electrons. The summed E-state index contributed by atoms with van der Waals surface area (Å²) in [4.78, 5) is 26.5. The number of likely N-dealkylation sites (N-methyl/N-ethyl adjacent to an activating group) is 1. The van der Waals surface area contributed by atoms with Gasteiger partial charge in [-0.25, -0.2) is 0 Å². The number of carbonyl (C=O) groups excluding carboxylic acids is 2. The van der Waals surface area contributed by atoms with Crippen molar-refractivity contribution in [1.29, 1.82) is 0 Å². The van der Waals surface area contributed by atoms with Gasteiger partial charge in [0.2, 0.25) is 11.8 Å². The first-order valence-corrected chi connectivity index (χ1v) is 8.86. The summed E-state index contributed by atoms with van der Waals surface area (Å²) in [5, 5.41) is 2.92. The number of para-hydroxylation sites is 1. The molecule has 0 fully saturated rings. The second-order valence-electron chi connectivity index (χ2n) is 6.44. The average Bonchev–Trinajstić information content (AvgIpc) is 2.63. The Morgan fingerprint density at radius 2 is 1.63 bits per heavy atom. The molecule has 2 aromatic carbocycles. The van der Waals surface area contributed by atoms with E-state index in [-0.39, 0.29) is 43.2 Å². The summed E-state index contributed by atoms with van der Waals surface area (Å²) in [5.41, 5.74) is 9.85. The smallest absolute Gasteiger partial charge is 0.244 e. The van der Waals surface area contributed by atoms with E-state index in [1.54, 1.807) is 0 Å². The van der Waals surface area contributed by atoms with Crippen molar-refractivity contribution >= 4 is 29.9 Å². The number of carbonyl (C=O) groups is 2. The Morgan fingerprint density at radius 1 is 1.04 bits per heavy atom. The second kappa shape index (κ2) is 10.7. The molecule has 5 nitrogen and oxygen atoms in total. The fourth-order valence-electron chi connectivity index (χ4n) is 2.88. The normalized spacial score (nSPS) is 11.3. The number of rotatable bonds is 7. The van der Waals surface area contributed by atoms with Crippen LogP contribution < -0.4 is 11.1 Å². The molecule has 2 aromatic rings. The molecule has 0 aliphatic rings. The van der Waals surface area contributed by atoms with Crippen molar-refractivity contribution in [3.05, 3.63) is 65.2 Å². The lowest BCUT2D eigenvalue weighted by Crippen LogP contribution is -2.39. The van der Waals surface area contributed by atoms with Gasteiger partial charge < -0.3 is 16.0 Å². The zero-order valence-corrected chi connectivity index (χ0v) is 16.9. The maximum Gasteiger partial charge on any atom is 0.244 e. The van der Waals surface area contributed by atoms with Gasteiger partial charge in [0.1, 0.15) is 0 Å². The summed E-state index contributed by atoms with van der Waals surface area (Å²) >= 11 is 0. The lowest BCUT2D eigenvalue weighted by atomic mass is 10.0. The molecule has 0 radical (unpaired) electrons. The van der Waals surface area contributed by atoms with Gasteiger partial charge in [0.15, 0.2) is 0 Å². The van der Waals surface area contributed by atoms with E-state index in [1.807, 2.05) is 69.3 Å². The van der Waals surface area contributed by atoms with Gasteiger partial charge in [-0.2, -0.15) is 0 Å². The maximum absolute atomic E-state index is 12.5. The molecule has 1 atom stereocenters. The van der Waals surface area contributed by atoms with Crippen LogP contribution in [0.5, 0.6) is 0 Å². The SMILES string of the molecule is CCN(CC(=O)Nc1c(C)cccc1C)C(=O)CC(N)c1ccccc1.Cl. The summed E-state index contributed by atoms with van der Waals surface area (Å²) in [6, 6.07) is 15.0. The fraction of sp³-hybridized carbons (Fsp3) is 0.333. The van der Waals surface area contributed by atoms with Gasteiger partial charge in [-0.05, 0) is 37.5 Å². The van der Waals surface area contributed by atoms with Gasteiger partial charge in [0.05, 0.1) is 6.54 Å². The van der Waals surface area contributed by atoms with E-state index >= 15 is 0 Å². The van der Waals surface area contributed by atoms with Crippen molar-refractivity contribution in [2.24, 2.45) is 5.73 Å². The molecule has 0 aromatic heterocycles. The Kier molecular flexibility index (Phi) is 8.98. The van der Waals surface area contributed by atoms with Crippen molar-refractivity contribution < 1.29 is 9.59 Å². The molecule has 0 saturated carbocycles. The van der Waals surface area contributed by atoms with Crippen LogP contribution in [0.3, 0.4) is 0 Å². The predicted molar refractivity (Wildman–Crippen MR) is 112 cm³/mol. The number of nitrogens with two attached hydrogens (primary N) is 1. The predicted octanol–water partition coefficient (Wildman–Crippen LogP) is 3.60. The summed E-state index contributed by atoms with van der Waals surface area (Å²) in [6.07, 6.45) is 0.175. The molecular weight excluding hydrogens is 362 g/mol. The van der Waals surface area contributed by atoms with Gasteiger partial charge in [-0.1, -0.05) is 48.5 Å². The average molecular weight is 390 g/mol. The van der Waals surface area contributed by atoms with E-state index in [9.17, 15) is 9.59 Å². The lowest BCUT2D eigenvalue weighted by molar-refractivity contribution is -0.134. The first-order valence-electron chi connectivity index (χ1n) is 8.86. The Balaban J connectivity index is 0.00000364. The van der Waals surface area contributed by atoms with Gasteiger partial charge in [0.25, 0.3) is 0 Å². The zero-order chi connectivity index (χ0) is 19.1. The summed E-state index contributed by atoms with van der Waals surface area (Å²) in [7, 11) is 0. The Bertz CT molecular complexity index is 745. The molecule has 27 heavy (non-hydrogen) atoms.